The van der Waals surface area contributed by atoms with Crippen molar-refractivity contribution in [3.8, 4) is 0 Å². The maximum Gasteiger partial charge on any atom is 0.330 e. The molecular weight excluding hydrogens is 234 g/mol. The standard InChI is InChI=1S/C9H15NO5S/c1-3-15-5-4-8(6-9(11)14-2)7-16(10,12)13/h4-6H,3,7H2,1-2H3,(H2,10,12,13)/b5-4+,8-6+. The van der Waals surface area contributed by atoms with E-state index in [1.165, 1.54) is 19.4 Å². The number of primary sulfonamides is 1. The molecule has 0 aromatic carbocycles. The van der Waals surface area contributed by atoms with Gasteiger partial charge < -0.3 is 9.47 Å². The van der Waals surface area contributed by atoms with Gasteiger partial charge >= 0.3 is 5.97 Å². The zero-order chi connectivity index (χ0) is 12.6. The third-order valence-electron chi connectivity index (χ3n) is 1.42. The van der Waals surface area contributed by atoms with Crippen molar-refractivity contribution in [2.45, 2.75) is 6.92 Å². The fraction of sp³-hybridized carbons (Fsp3) is 0.444. The summed E-state index contributed by atoms with van der Waals surface area (Å²) >= 11 is 0. The molecule has 2 N–H and O–H groups in total. The first kappa shape index (κ1) is 14.7. The molecule has 0 atom stereocenters. The molecule has 6 nitrogen and oxygen atoms in total. The van der Waals surface area contributed by atoms with Crippen molar-refractivity contribution < 1.29 is 22.7 Å². The van der Waals surface area contributed by atoms with E-state index in [9.17, 15) is 13.2 Å². The molecule has 92 valence electrons. The third kappa shape index (κ3) is 8.01. The summed E-state index contributed by atoms with van der Waals surface area (Å²) < 4.78 is 31.0. The predicted molar refractivity (Wildman–Crippen MR) is 58.8 cm³/mol. The number of carbonyl (C=O) groups is 1. The molecule has 16 heavy (non-hydrogen) atoms. The minimum Gasteiger partial charge on any atom is -0.501 e. The second-order valence-electron chi connectivity index (χ2n) is 2.81. The lowest BCUT2D eigenvalue weighted by Gasteiger charge is -2.00. The zero-order valence-electron chi connectivity index (χ0n) is 9.17. The van der Waals surface area contributed by atoms with Gasteiger partial charge in [0.15, 0.2) is 0 Å². The Morgan fingerprint density at radius 1 is 1.44 bits per heavy atom. The van der Waals surface area contributed by atoms with Crippen LogP contribution in [-0.4, -0.2) is 33.9 Å². The molecule has 0 heterocycles. The van der Waals surface area contributed by atoms with Crippen LogP contribution in [0.25, 0.3) is 0 Å². The molecule has 0 spiro atoms. The van der Waals surface area contributed by atoms with Crippen LogP contribution in [0, 0.1) is 0 Å². The van der Waals surface area contributed by atoms with Gasteiger partial charge in [0, 0.05) is 6.08 Å². The summed E-state index contributed by atoms with van der Waals surface area (Å²) in [7, 11) is -2.50. The highest BCUT2D eigenvalue weighted by molar-refractivity contribution is 7.89. The molecule has 0 amide bonds. The molecule has 0 aliphatic rings. The molecule has 0 aliphatic carbocycles. The minimum atomic E-state index is -3.70. The Bertz CT molecular complexity index is 383. The Hall–Kier alpha value is -1.34. The number of sulfonamides is 1. The number of methoxy groups -OCH3 is 1. The first-order valence-electron chi connectivity index (χ1n) is 4.46. The number of allylic oxidation sites excluding steroid dienone is 1. The van der Waals surface area contributed by atoms with Gasteiger partial charge in [-0.15, -0.1) is 0 Å². The second-order valence-corrected chi connectivity index (χ2v) is 4.42. The number of esters is 1. The Morgan fingerprint density at radius 2 is 2.06 bits per heavy atom. The van der Waals surface area contributed by atoms with Gasteiger partial charge in [-0.3, -0.25) is 0 Å². The molecule has 0 saturated heterocycles. The van der Waals surface area contributed by atoms with Crippen LogP contribution < -0.4 is 5.14 Å². The van der Waals surface area contributed by atoms with Gasteiger partial charge in [0.1, 0.15) is 0 Å². The van der Waals surface area contributed by atoms with Gasteiger partial charge in [-0.1, -0.05) is 0 Å². The molecule has 0 fully saturated rings. The molecule has 0 radical (unpaired) electrons. The Labute approximate surface area is 94.8 Å². The lowest BCUT2D eigenvalue weighted by atomic mass is 10.3. The highest BCUT2D eigenvalue weighted by Crippen LogP contribution is 2.01. The van der Waals surface area contributed by atoms with Crippen molar-refractivity contribution >= 4 is 16.0 Å². The number of nitrogens with two attached hydrogens (primary N) is 1. The molecule has 0 rings (SSSR count). The van der Waals surface area contributed by atoms with Crippen molar-refractivity contribution in [2.75, 3.05) is 19.5 Å². The average molecular weight is 249 g/mol. The van der Waals surface area contributed by atoms with Crippen LogP contribution in [0.15, 0.2) is 24.0 Å². The number of hydrogen-bond donors (Lipinski definition) is 1. The minimum absolute atomic E-state index is 0.197. The summed E-state index contributed by atoms with van der Waals surface area (Å²) in [4.78, 5) is 10.9. The molecule has 0 saturated carbocycles. The van der Waals surface area contributed by atoms with E-state index in [1.54, 1.807) is 6.92 Å². The van der Waals surface area contributed by atoms with Gasteiger partial charge in [0.05, 0.1) is 25.7 Å². The van der Waals surface area contributed by atoms with Crippen molar-refractivity contribution in [1.82, 2.24) is 0 Å². The average Bonchev–Trinajstić information content (AvgIpc) is 2.15. The molecule has 0 aromatic heterocycles. The van der Waals surface area contributed by atoms with Gasteiger partial charge in [-0.25, -0.2) is 18.4 Å². The van der Waals surface area contributed by atoms with Crippen molar-refractivity contribution in [3.63, 3.8) is 0 Å². The smallest absolute Gasteiger partial charge is 0.330 e. The Morgan fingerprint density at radius 3 is 2.50 bits per heavy atom. The van der Waals surface area contributed by atoms with E-state index < -0.39 is 21.7 Å². The number of carbonyl (C=O) groups excluding carboxylic acids is 1. The number of rotatable bonds is 6. The maximum absolute atomic E-state index is 10.9. The van der Waals surface area contributed by atoms with Crippen LogP contribution in [0.1, 0.15) is 6.92 Å². The fourth-order valence-electron chi connectivity index (χ4n) is 0.812. The summed E-state index contributed by atoms with van der Waals surface area (Å²) in [6, 6.07) is 0. The van der Waals surface area contributed by atoms with Crippen LogP contribution in [-0.2, 0) is 24.3 Å². The van der Waals surface area contributed by atoms with Crippen LogP contribution >= 0.6 is 0 Å². The largest absolute Gasteiger partial charge is 0.501 e. The van der Waals surface area contributed by atoms with E-state index in [-0.39, 0.29) is 5.57 Å². The Kier molecular flexibility index (Phi) is 6.43. The lowest BCUT2D eigenvalue weighted by molar-refractivity contribution is -0.134. The van der Waals surface area contributed by atoms with Crippen LogP contribution in [0.2, 0.25) is 0 Å². The highest BCUT2D eigenvalue weighted by Gasteiger charge is 2.07. The van der Waals surface area contributed by atoms with Crippen LogP contribution in [0.5, 0.6) is 0 Å². The first-order chi connectivity index (χ1) is 7.39. The van der Waals surface area contributed by atoms with E-state index in [0.717, 1.165) is 6.08 Å². The van der Waals surface area contributed by atoms with E-state index in [2.05, 4.69) is 4.74 Å². The molecule has 0 aliphatic heterocycles. The van der Waals surface area contributed by atoms with Crippen molar-refractivity contribution in [1.29, 1.82) is 0 Å². The van der Waals surface area contributed by atoms with Gasteiger partial charge in [0.25, 0.3) is 0 Å². The molecule has 0 aromatic rings. The number of ether oxygens (including phenoxy) is 2. The monoisotopic (exact) mass is 249 g/mol. The number of hydrogen-bond acceptors (Lipinski definition) is 5. The quantitative estimate of drug-likeness (QED) is 0.307. The van der Waals surface area contributed by atoms with E-state index >= 15 is 0 Å². The van der Waals surface area contributed by atoms with E-state index in [0.29, 0.717) is 6.61 Å². The SMILES string of the molecule is CCO/C=C/C(=C\C(=O)OC)CS(N)(=O)=O. The normalized spacial score (nSPS) is 12.8. The molecule has 7 heteroatoms. The molecular formula is C9H15NO5S. The van der Waals surface area contributed by atoms with Gasteiger partial charge in [-0.05, 0) is 18.6 Å². The summed E-state index contributed by atoms with van der Waals surface area (Å²) in [6.45, 7) is 2.21. The fourth-order valence-corrected chi connectivity index (χ4v) is 1.46. The maximum atomic E-state index is 10.9. The van der Waals surface area contributed by atoms with Crippen molar-refractivity contribution in [2.24, 2.45) is 5.14 Å². The van der Waals surface area contributed by atoms with E-state index in [1.807, 2.05) is 0 Å². The Balaban J connectivity index is 4.77. The lowest BCUT2D eigenvalue weighted by Crippen LogP contribution is -2.18. The second kappa shape index (κ2) is 7.02. The van der Waals surface area contributed by atoms with E-state index in [4.69, 9.17) is 9.88 Å². The summed E-state index contributed by atoms with van der Waals surface area (Å²) in [5.41, 5.74) is 0.197. The van der Waals surface area contributed by atoms with Gasteiger partial charge in [-0.2, -0.15) is 0 Å². The van der Waals surface area contributed by atoms with Gasteiger partial charge in [0.2, 0.25) is 10.0 Å². The molecule has 0 bridgehead atoms. The summed E-state index contributed by atoms with van der Waals surface area (Å²) in [6.07, 6.45) is 3.69. The zero-order valence-corrected chi connectivity index (χ0v) is 9.99. The topological polar surface area (TPSA) is 95.7 Å². The first-order valence-corrected chi connectivity index (χ1v) is 6.17. The predicted octanol–water partition coefficient (Wildman–Crippen LogP) is -0.0755. The summed E-state index contributed by atoms with van der Waals surface area (Å²) in [5, 5.41) is 4.86. The van der Waals surface area contributed by atoms with Crippen LogP contribution in [0.4, 0.5) is 0 Å². The van der Waals surface area contributed by atoms with Crippen molar-refractivity contribution in [3.05, 3.63) is 24.0 Å². The highest BCUT2D eigenvalue weighted by atomic mass is 32.2. The molecule has 0 unspecified atom stereocenters. The summed E-state index contributed by atoms with van der Waals surface area (Å²) in [5.74, 6) is -1.11. The van der Waals surface area contributed by atoms with Crippen LogP contribution in [0.3, 0.4) is 0 Å². The third-order valence-corrected chi connectivity index (χ3v) is 2.15.